The molecule has 3 nitrogen and oxygen atoms in total. The summed E-state index contributed by atoms with van der Waals surface area (Å²) in [6, 6.07) is 7.67. The summed E-state index contributed by atoms with van der Waals surface area (Å²) in [4.78, 5) is 11.1. The van der Waals surface area contributed by atoms with E-state index in [4.69, 9.17) is 9.47 Å². The zero-order chi connectivity index (χ0) is 10.8. The van der Waals surface area contributed by atoms with Gasteiger partial charge in [-0.05, 0) is 17.7 Å². The Bertz CT molecular complexity index is 373. The highest BCUT2D eigenvalue weighted by atomic mass is 16.5. The highest BCUT2D eigenvalue weighted by Crippen LogP contribution is 2.35. The van der Waals surface area contributed by atoms with E-state index in [1.54, 1.807) is 7.11 Å². The Morgan fingerprint density at radius 3 is 2.87 bits per heavy atom. The molecule has 2 atom stereocenters. The van der Waals surface area contributed by atoms with Gasteiger partial charge in [0.1, 0.15) is 11.9 Å². The van der Waals surface area contributed by atoms with Crippen molar-refractivity contribution in [1.82, 2.24) is 0 Å². The number of cyclic esters (lactones) is 1. The second-order valence-electron chi connectivity index (χ2n) is 3.87. The maximum absolute atomic E-state index is 11.1. The van der Waals surface area contributed by atoms with E-state index in [2.05, 4.69) is 0 Å². The predicted octanol–water partition coefficient (Wildman–Crippen LogP) is 2.32. The van der Waals surface area contributed by atoms with Gasteiger partial charge in [-0.25, -0.2) is 0 Å². The van der Waals surface area contributed by atoms with Crippen molar-refractivity contribution in [2.24, 2.45) is 5.92 Å². The van der Waals surface area contributed by atoms with Gasteiger partial charge in [0, 0.05) is 5.92 Å². The lowest BCUT2D eigenvalue weighted by Gasteiger charge is -2.14. The molecule has 1 fully saturated rings. The third kappa shape index (κ3) is 1.96. The Labute approximate surface area is 89.0 Å². The van der Waals surface area contributed by atoms with Crippen LogP contribution in [0.2, 0.25) is 0 Å². The summed E-state index contributed by atoms with van der Waals surface area (Å²) in [5.74, 6) is 0.919. The van der Waals surface area contributed by atoms with Crippen molar-refractivity contribution in [3.8, 4) is 5.75 Å². The van der Waals surface area contributed by atoms with Crippen molar-refractivity contribution >= 4 is 5.97 Å². The first-order valence-corrected chi connectivity index (χ1v) is 5.04. The fourth-order valence-electron chi connectivity index (χ4n) is 1.89. The fourth-order valence-corrected chi connectivity index (χ4v) is 1.89. The molecule has 0 saturated carbocycles. The maximum Gasteiger partial charge on any atom is 0.306 e. The van der Waals surface area contributed by atoms with Gasteiger partial charge in [-0.2, -0.15) is 0 Å². The Morgan fingerprint density at radius 2 is 2.27 bits per heavy atom. The number of carbonyl (C=O) groups excluding carboxylic acids is 1. The van der Waals surface area contributed by atoms with Crippen LogP contribution in [-0.4, -0.2) is 13.1 Å². The summed E-state index contributed by atoms with van der Waals surface area (Å²) in [6.07, 6.45) is 0.384. The van der Waals surface area contributed by atoms with Gasteiger partial charge in [0.05, 0.1) is 13.5 Å². The van der Waals surface area contributed by atoms with Crippen LogP contribution in [0.5, 0.6) is 5.75 Å². The number of esters is 1. The molecule has 0 N–H and O–H groups in total. The molecule has 0 aromatic heterocycles. The van der Waals surface area contributed by atoms with Crippen LogP contribution in [0, 0.1) is 5.92 Å². The number of benzene rings is 1. The molecule has 0 aliphatic carbocycles. The summed E-state index contributed by atoms with van der Waals surface area (Å²) in [5.41, 5.74) is 1.01. The van der Waals surface area contributed by atoms with Crippen LogP contribution >= 0.6 is 0 Å². The largest absolute Gasteiger partial charge is 0.497 e. The smallest absolute Gasteiger partial charge is 0.306 e. The molecular formula is C12H14O3. The molecule has 1 heterocycles. The van der Waals surface area contributed by atoms with Gasteiger partial charge in [0.25, 0.3) is 0 Å². The SMILES string of the molecule is COc1cccc(C2OC(=O)CC2C)c1. The minimum Gasteiger partial charge on any atom is -0.497 e. The third-order valence-electron chi connectivity index (χ3n) is 2.69. The highest BCUT2D eigenvalue weighted by molar-refractivity contribution is 5.72. The molecule has 1 aliphatic heterocycles. The second kappa shape index (κ2) is 3.93. The zero-order valence-electron chi connectivity index (χ0n) is 8.90. The van der Waals surface area contributed by atoms with Gasteiger partial charge in [-0.15, -0.1) is 0 Å². The lowest BCUT2D eigenvalue weighted by Crippen LogP contribution is -2.04. The van der Waals surface area contributed by atoms with Gasteiger partial charge in [0.15, 0.2) is 0 Å². The Kier molecular flexibility index (Phi) is 2.62. The predicted molar refractivity (Wildman–Crippen MR) is 55.6 cm³/mol. The van der Waals surface area contributed by atoms with Crippen LogP contribution in [0.4, 0.5) is 0 Å². The maximum atomic E-state index is 11.1. The number of carbonyl (C=O) groups is 1. The summed E-state index contributed by atoms with van der Waals surface area (Å²) in [6.45, 7) is 2.02. The van der Waals surface area contributed by atoms with Crippen molar-refractivity contribution in [3.05, 3.63) is 29.8 Å². The van der Waals surface area contributed by atoms with Gasteiger partial charge < -0.3 is 9.47 Å². The molecule has 0 spiro atoms. The number of rotatable bonds is 2. The summed E-state index contributed by atoms with van der Waals surface area (Å²) in [5, 5.41) is 0. The number of hydrogen-bond acceptors (Lipinski definition) is 3. The Morgan fingerprint density at radius 1 is 1.47 bits per heavy atom. The molecule has 80 valence electrons. The van der Waals surface area contributed by atoms with Crippen LogP contribution in [0.25, 0.3) is 0 Å². The molecule has 1 aliphatic rings. The first-order chi connectivity index (χ1) is 7.20. The van der Waals surface area contributed by atoms with Gasteiger partial charge in [-0.3, -0.25) is 4.79 Å². The van der Waals surface area contributed by atoms with E-state index >= 15 is 0 Å². The van der Waals surface area contributed by atoms with Crippen LogP contribution in [0.15, 0.2) is 24.3 Å². The van der Waals surface area contributed by atoms with Crippen LogP contribution in [0.3, 0.4) is 0 Å². The molecule has 0 amide bonds. The van der Waals surface area contributed by atoms with Crippen molar-refractivity contribution in [2.75, 3.05) is 7.11 Å². The van der Waals surface area contributed by atoms with Crippen molar-refractivity contribution in [3.63, 3.8) is 0 Å². The second-order valence-corrected chi connectivity index (χ2v) is 3.87. The molecule has 1 aromatic rings. The van der Waals surface area contributed by atoms with Gasteiger partial charge in [-0.1, -0.05) is 19.1 Å². The van der Waals surface area contributed by atoms with E-state index in [-0.39, 0.29) is 18.0 Å². The number of methoxy groups -OCH3 is 1. The van der Waals surface area contributed by atoms with E-state index in [9.17, 15) is 4.79 Å². The average Bonchev–Trinajstić information content (AvgIpc) is 2.58. The van der Waals surface area contributed by atoms with E-state index in [1.807, 2.05) is 31.2 Å². The monoisotopic (exact) mass is 206 g/mol. The molecule has 15 heavy (non-hydrogen) atoms. The minimum absolute atomic E-state index is 0.115. The van der Waals surface area contributed by atoms with Gasteiger partial charge in [0.2, 0.25) is 0 Å². The van der Waals surface area contributed by atoms with E-state index < -0.39 is 0 Å². The average molecular weight is 206 g/mol. The molecule has 0 radical (unpaired) electrons. The number of ether oxygens (including phenoxy) is 2. The molecule has 0 bridgehead atoms. The summed E-state index contributed by atoms with van der Waals surface area (Å²) in [7, 11) is 1.63. The molecule has 2 unspecified atom stereocenters. The quantitative estimate of drug-likeness (QED) is 0.696. The fraction of sp³-hybridized carbons (Fsp3) is 0.417. The lowest BCUT2D eigenvalue weighted by atomic mass is 9.97. The zero-order valence-corrected chi connectivity index (χ0v) is 8.90. The van der Waals surface area contributed by atoms with Crippen LogP contribution in [0.1, 0.15) is 25.0 Å². The standard InChI is InChI=1S/C12H14O3/c1-8-6-11(13)15-12(8)9-4-3-5-10(7-9)14-2/h3-5,7-8,12H,6H2,1-2H3. The molecular weight excluding hydrogens is 192 g/mol. The molecule has 1 aromatic carbocycles. The van der Waals surface area contributed by atoms with E-state index in [0.717, 1.165) is 11.3 Å². The van der Waals surface area contributed by atoms with Crippen molar-refractivity contribution < 1.29 is 14.3 Å². The summed E-state index contributed by atoms with van der Waals surface area (Å²) >= 11 is 0. The van der Waals surface area contributed by atoms with E-state index in [0.29, 0.717) is 6.42 Å². The first-order valence-electron chi connectivity index (χ1n) is 5.04. The number of hydrogen-bond donors (Lipinski definition) is 0. The Hall–Kier alpha value is -1.51. The molecule has 1 saturated heterocycles. The normalized spacial score (nSPS) is 25.1. The molecule has 3 heteroatoms. The topological polar surface area (TPSA) is 35.5 Å². The van der Waals surface area contributed by atoms with Crippen LogP contribution < -0.4 is 4.74 Å². The first kappa shape index (κ1) is 10.0. The van der Waals surface area contributed by atoms with Crippen molar-refractivity contribution in [2.45, 2.75) is 19.4 Å². The van der Waals surface area contributed by atoms with Gasteiger partial charge >= 0.3 is 5.97 Å². The highest BCUT2D eigenvalue weighted by Gasteiger charge is 2.32. The Balaban J connectivity index is 2.25. The van der Waals surface area contributed by atoms with Crippen LogP contribution in [-0.2, 0) is 9.53 Å². The molecule has 2 rings (SSSR count). The van der Waals surface area contributed by atoms with E-state index in [1.165, 1.54) is 0 Å². The van der Waals surface area contributed by atoms with Crippen molar-refractivity contribution in [1.29, 1.82) is 0 Å². The lowest BCUT2D eigenvalue weighted by molar-refractivity contribution is -0.141. The minimum atomic E-state index is -0.118. The third-order valence-corrected chi connectivity index (χ3v) is 2.69. The summed E-state index contributed by atoms with van der Waals surface area (Å²) < 4.78 is 10.4.